The molecule has 2 heterocycles. The molecule has 10 nitrogen and oxygen atoms in total. The summed E-state index contributed by atoms with van der Waals surface area (Å²) in [6.07, 6.45) is 4.68. The monoisotopic (exact) mass is 582 g/mol. The fourth-order valence-corrected chi connectivity index (χ4v) is 6.47. The third-order valence-corrected chi connectivity index (χ3v) is 9.25. The molecule has 3 aliphatic rings. The lowest BCUT2D eigenvalue weighted by Crippen LogP contribution is -2.55. The van der Waals surface area contributed by atoms with Gasteiger partial charge in [-0.05, 0) is 70.3 Å². The Labute approximate surface area is 250 Å². The lowest BCUT2D eigenvalue weighted by atomic mass is 9.76. The Kier molecular flexibility index (Phi) is 10.9. The number of carbonyl (C=O) groups excluding carboxylic acids is 2. The maximum Gasteiger partial charge on any atom is 0.475 e. The summed E-state index contributed by atoms with van der Waals surface area (Å²) in [5.41, 5.74) is 0.677. The largest absolute Gasteiger partial charge is 0.475 e. The number of hydrogen-bond donors (Lipinski definition) is 3. The van der Waals surface area contributed by atoms with Gasteiger partial charge < -0.3 is 29.7 Å². The van der Waals surface area contributed by atoms with E-state index in [2.05, 4.69) is 30.1 Å². The Morgan fingerprint density at radius 1 is 1.24 bits per heavy atom. The van der Waals surface area contributed by atoms with Gasteiger partial charge in [0.15, 0.2) is 0 Å². The predicted octanol–water partition coefficient (Wildman–Crippen LogP) is 2.92. The van der Waals surface area contributed by atoms with Gasteiger partial charge in [-0.3, -0.25) is 9.69 Å². The number of benzene rings is 1. The highest BCUT2D eigenvalue weighted by Crippen LogP contribution is 2.44. The summed E-state index contributed by atoms with van der Waals surface area (Å²) < 4.78 is 11.7. The molecular weight excluding hydrogens is 535 g/mol. The first kappa shape index (κ1) is 32.3. The summed E-state index contributed by atoms with van der Waals surface area (Å²) in [4.78, 5) is 30.7. The SMILES string of the molecule is CCC(CC(C)(C)N1CCOC2(CC2)C1)C(C#N)C(=O)N1CCCC[C@@H](OC(=O)N[C@@H](Cc2ccccc2)B(O)O)C1. The number of rotatable bonds is 11. The highest BCUT2D eigenvalue weighted by molar-refractivity contribution is 6.43. The van der Waals surface area contributed by atoms with Gasteiger partial charge >= 0.3 is 13.2 Å². The molecule has 1 aromatic carbocycles. The number of nitrogens with zero attached hydrogens (tertiary/aromatic N) is 3. The minimum Gasteiger partial charge on any atom is -0.444 e. The van der Waals surface area contributed by atoms with Gasteiger partial charge in [-0.25, -0.2) is 4.79 Å². The average molecular weight is 583 g/mol. The number of alkyl carbamates (subject to hydrolysis) is 1. The number of carbonyl (C=O) groups is 2. The van der Waals surface area contributed by atoms with Gasteiger partial charge in [0.1, 0.15) is 12.0 Å². The van der Waals surface area contributed by atoms with Gasteiger partial charge in [0.25, 0.3) is 0 Å². The second kappa shape index (κ2) is 14.2. The highest BCUT2D eigenvalue weighted by Gasteiger charge is 2.50. The van der Waals surface area contributed by atoms with Crippen LogP contribution in [0, 0.1) is 23.2 Å². The van der Waals surface area contributed by atoms with Crippen LogP contribution in [0.4, 0.5) is 4.79 Å². The van der Waals surface area contributed by atoms with Crippen LogP contribution in [0.2, 0.25) is 0 Å². The van der Waals surface area contributed by atoms with E-state index in [0.29, 0.717) is 26.0 Å². The average Bonchev–Trinajstić information content (AvgIpc) is 3.75. The molecule has 3 fully saturated rings. The zero-order valence-electron chi connectivity index (χ0n) is 25.3. The molecule has 2 aliphatic heterocycles. The number of likely N-dealkylation sites (tertiary alicyclic amines) is 1. The topological polar surface area (TPSA) is 135 Å². The number of amides is 2. The smallest absolute Gasteiger partial charge is 0.444 e. The van der Waals surface area contributed by atoms with Gasteiger partial charge in [0.2, 0.25) is 5.91 Å². The Hall–Kier alpha value is -2.65. The van der Waals surface area contributed by atoms with Crippen LogP contribution >= 0.6 is 0 Å². The molecule has 1 spiro atoms. The molecule has 0 aromatic heterocycles. The van der Waals surface area contributed by atoms with Crippen molar-refractivity contribution in [2.45, 2.75) is 95.3 Å². The molecule has 11 heteroatoms. The Morgan fingerprint density at radius 2 is 1.98 bits per heavy atom. The van der Waals surface area contributed by atoms with E-state index in [9.17, 15) is 24.9 Å². The number of morpholine rings is 1. The summed E-state index contributed by atoms with van der Waals surface area (Å²) in [6.45, 7) is 9.64. The van der Waals surface area contributed by atoms with E-state index in [4.69, 9.17) is 9.47 Å². The minimum atomic E-state index is -1.76. The summed E-state index contributed by atoms with van der Waals surface area (Å²) in [6, 6.07) is 11.6. The van der Waals surface area contributed by atoms with Crippen LogP contribution in [0.3, 0.4) is 0 Å². The van der Waals surface area contributed by atoms with E-state index >= 15 is 0 Å². The van der Waals surface area contributed by atoms with E-state index in [0.717, 1.165) is 50.8 Å². The van der Waals surface area contributed by atoms with Gasteiger partial charge in [0, 0.05) is 25.2 Å². The van der Waals surface area contributed by atoms with Crippen molar-refractivity contribution >= 4 is 19.1 Å². The second-order valence-electron chi connectivity index (χ2n) is 12.9. The molecular formula is C31H47BN4O6. The lowest BCUT2D eigenvalue weighted by molar-refractivity contribution is -0.137. The lowest BCUT2D eigenvalue weighted by Gasteiger charge is -2.46. The van der Waals surface area contributed by atoms with Gasteiger partial charge in [-0.15, -0.1) is 0 Å². The molecule has 42 heavy (non-hydrogen) atoms. The fourth-order valence-electron chi connectivity index (χ4n) is 6.47. The van der Waals surface area contributed by atoms with Crippen molar-refractivity contribution in [3.05, 3.63) is 35.9 Å². The molecule has 1 aromatic rings. The van der Waals surface area contributed by atoms with Crippen molar-refractivity contribution in [2.24, 2.45) is 11.8 Å². The first-order valence-electron chi connectivity index (χ1n) is 15.5. The highest BCUT2D eigenvalue weighted by atomic mass is 16.6. The summed E-state index contributed by atoms with van der Waals surface area (Å²) in [5, 5.41) is 32.5. The number of nitrogens with one attached hydrogen (secondary N) is 1. The normalized spacial score (nSPS) is 22.8. The van der Waals surface area contributed by atoms with E-state index in [1.807, 2.05) is 37.3 Å². The first-order chi connectivity index (χ1) is 20.1. The maximum atomic E-state index is 13.8. The van der Waals surface area contributed by atoms with E-state index in [1.165, 1.54) is 0 Å². The summed E-state index contributed by atoms with van der Waals surface area (Å²) in [5.74, 6) is -2.03. The summed E-state index contributed by atoms with van der Waals surface area (Å²) in [7, 11) is -1.76. The van der Waals surface area contributed by atoms with Crippen molar-refractivity contribution in [1.29, 1.82) is 5.26 Å². The van der Waals surface area contributed by atoms with E-state index < -0.39 is 31.2 Å². The predicted molar refractivity (Wildman–Crippen MR) is 159 cm³/mol. The van der Waals surface area contributed by atoms with Crippen LogP contribution in [0.1, 0.15) is 71.3 Å². The first-order valence-corrected chi connectivity index (χ1v) is 15.5. The van der Waals surface area contributed by atoms with Crippen LogP contribution in [0.25, 0.3) is 0 Å². The minimum absolute atomic E-state index is 0.00582. The van der Waals surface area contributed by atoms with Crippen LogP contribution in [0.15, 0.2) is 30.3 Å². The molecule has 1 saturated carbocycles. The van der Waals surface area contributed by atoms with E-state index in [1.54, 1.807) is 4.90 Å². The van der Waals surface area contributed by atoms with Gasteiger partial charge in [0.05, 0.1) is 30.8 Å². The molecule has 2 amide bonds. The van der Waals surface area contributed by atoms with Crippen molar-refractivity contribution in [2.75, 3.05) is 32.8 Å². The number of nitriles is 1. The fraction of sp³-hybridized carbons (Fsp3) is 0.710. The molecule has 4 atom stereocenters. The third kappa shape index (κ3) is 8.47. The van der Waals surface area contributed by atoms with E-state index in [-0.39, 0.29) is 35.9 Å². The molecule has 4 rings (SSSR count). The Morgan fingerprint density at radius 3 is 2.62 bits per heavy atom. The maximum absolute atomic E-state index is 13.8. The van der Waals surface area contributed by atoms with Crippen LogP contribution in [0.5, 0.6) is 0 Å². The third-order valence-electron chi connectivity index (χ3n) is 9.25. The molecule has 1 aliphatic carbocycles. The van der Waals surface area contributed by atoms with Gasteiger partial charge in [-0.1, -0.05) is 43.7 Å². The van der Waals surface area contributed by atoms with Crippen molar-refractivity contribution < 1.29 is 29.1 Å². The zero-order chi connectivity index (χ0) is 30.3. The van der Waals surface area contributed by atoms with Crippen molar-refractivity contribution in [1.82, 2.24) is 15.1 Å². The van der Waals surface area contributed by atoms with Crippen molar-refractivity contribution in [3.63, 3.8) is 0 Å². The second-order valence-corrected chi connectivity index (χ2v) is 12.9. The quantitative estimate of drug-likeness (QED) is 0.339. The van der Waals surface area contributed by atoms with Crippen molar-refractivity contribution in [3.8, 4) is 6.07 Å². The van der Waals surface area contributed by atoms with Gasteiger partial charge in [-0.2, -0.15) is 5.26 Å². The Balaban J connectivity index is 1.35. The molecule has 3 N–H and O–H groups in total. The van der Waals surface area contributed by atoms with Crippen LogP contribution in [-0.4, -0.2) is 94.9 Å². The Bertz CT molecular complexity index is 1090. The zero-order valence-corrected chi connectivity index (χ0v) is 25.3. The molecule has 230 valence electrons. The molecule has 0 radical (unpaired) electrons. The van der Waals surface area contributed by atoms with Crippen LogP contribution in [-0.2, 0) is 20.7 Å². The number of ether oxygens (including phenoxy) is 2. The van der Waals surface area contributed by atoms with Crippen LogP contribution < -0.4 is 5.32 Å². The summed E-state index contributed by atoms with van der Waals surface area (Å²) >= 11 is 0. The molecule has 2 unspecified atom stereocenters. The number of hydrogen-bond acceptors (Lipinski definition) is 8. The standard InChI is InChI=1S/C31H47BN4O6/c1-4-24(19-30(2,3)36-16-17-41-31(22-36)13-14-31)26(20-33)28(37)35-15-9-8-12-25(21-35)42-29(38)34-27(32(39)40)18-23-10-6-5-7-11-23/h5-7,10-11,24-27,39-40H,4,8-9,12-19,21-22H2,1-3H3,(H,34,38)/t24?,25-,26?,27+/m1/s1. The molecule has 2 saturated heterocycles. The molecule has 0 bridgehead atoms.